The number of aliphatic hydroxyl groups is 1. The molecule has 1 aliphatic rings. The van der Waals surface area contributed by atoms with E-state index in [2.05, 4.69) is 10.6 Å². The number of urea groups is 1. The molecule has 0 spiro atoms. The molecule has 5 heteroatoms. The van der Waals surface area contributed by atoms with E-state index in [9.17, 15) is 9.18 Å². The lowest BCUT2D eigenvalue weighted by molar-refractivity contribution is 0.174. The van der Waals surface area contributed by atoms with Gasteiger partial charge in [-0.1, -0.05) is 18.2 Å². The molecule has 0 unspecified atom stereocenters. The van der Waals surface area contributed by atoms with Gasteiger partial charge in [0.25, 0.3) is 0 Å². The fourth-order valence-electron chi connectivity index (χ4n) is 2.74. The van der Waals surface area contributed by atoms with Crippen molar-refractivity contribution in [2.75, 3.05) is 13.2 Å². The zero-order valence-electron chi connectivity index (χ0n) is 12.1. The van der Waals surface area contributed by atoms with Crippen molar-refractivity contribution in [2.24, 2.45) is 5.92 Å². The lowest BCUT2D eigenvalue weighted by Crippen LogP contribution is -2.44. The molecule has 4 nitrogen and oxygen atoms in total. The lowest BCUT2D eigenvalue weighted by atomic mass is 9.87. The van der Waals surface area contributed by atoms with Crippen LogP contribution in [0.2, 0.25) is 0 Å². The Kier molecular flexibility index (Phi) is 5.99. The van der Waals surface area contributed by atoms with Crippen LogP contribution in [0.3, 0.4) is 0 Å². The largest absolute Gasteiger partial charge is 0.396 e. The molecule has 0 atom stereocenters. The third-order valence-corrected chi connectivity index (χ3v) is 4.08. The topological polar surface area (TPSA) is 61.4 Å². The van der Waals surface area contributed by atoms with Crippen molar-refractivity contribution < 1.29 is 14.3 Å². The molecule has 2 rings (SSSR count). The van der Waals surface area contributed by atoms with E-state index in [0.717, 1.165) is 25.7 Å². The fraction of sp³-hybridized carbons (Fsp3) is 0.562. The summed E-state index contributed by atoms with van der Waals surface area (Å²) in [6, 6.07) is 6.58. The van der Waals surface area contributed by atoms with Crippen LogP contribution >= 0.6 is 0 Å². The highest BCUT2D eigenvalue weighted by atomic mass is 19.1. The Balaban J connectivity index is 1.65. The summed E-state index contributed by atoms with van der Waals surface area (Å²) in [6.07, 6.45) is 4.21. The van der Waals surface area contributed by atoms with Gasteiger partial charge in [-0.25, -0.2) is 9.18 Å². The van der Waals surface area contributed by atoms with E-state index in [1.165, 1.54) is 6.07 Å². The van der Waals surface area contributed by atoms with Crippen LogP contribution in [0.1, 0.15) is 31.2 Å². The molecule has 1 aromatic carbocycles. The maximum Gasteiger partial charge on any atom is 0.315 e. The fourth-order valence-corrected chi connectivity index (χ4v) is 2.74. The second kappa shape index (κ2) is 7.98. The van der Waals surface area contributed by atoms with E-state index < -0.39 is 0 Å². The Morgan fingerprint density at radius 1 is 1.24 bits per heavy atom. The third-order valence-electron chi connectivity index (χ3n) is 4.08. The number of carbonyl (C=O) groups is 1. The van der Waals surface area contributed by atoms with Crippen LogP contribution in [0.25, 0.3) is 0 Å². The van der Waals surface area contributed by atoms with Crippen LogP contribution in [0, 0.1) is 11.7 Å². The monoisotopic (exact) mass is 294 g/mol. The van der Waals surface area contributed by atoms with E-state index in [-0.39, 0.29) is 24.5 Å². The predicted octanol–water partition coefficient (Wildman–Crippen LogP) is 2.22. The van der Waals surface area contributed by atoms with Crippen LogP contribution < -0.4 is 10.6 Å². The highest BCUT2D eigenvalue weighted by Gasteiger charge is 2.21. The Morgan fingerprint density at radius 2 is 1.95 bits per heavy atom. The number of nitrogens with one attached hydrogen (secondary N) is 2. The van der Waals surface area contributed by atoms with Crippen molar-refractivity contribution in [3.05, 3.63) is 35.6 Å². The van der Waals surface area contributed by atoms with Crippen molar-refractivity contribution in [1.82, 2.24) is 10.6 Å². The second-order valence-electron chi connectivity index (χ2n) is 5.64. The maximum atomic E-state index is 13.4. The minimum absolute atomic E-state index is 0.182. The molecule has 0 saturated heterocycles. The van der Waals surface area contributed by atoms with Gasteiger partial charge in [-0.05, 0) is 49.7 Å². The summed E-state index contributed by atoms with van der Waals surface area (Å²) in [5.41, 5.74) is 0.612. The number of hydrogen-bond donors (Lipinski definition) is 3. The van der Waals surface area contributed by atoms with Gasteiger partial charge in [0, 0.05) is 19.2 Å². The van der Waals surface area contributed by atoms with Crippen molar-refractivity contribution in [3.8, 4) is 0 Å². The minimum atomic E-state index is -0.234. The van der Waals surface area contributed by atoms with Crippen LogP contribution in [0.4, 0.5) is 9.18 Å². The molecule has 1 aliphatic carbocycles. The number of benzene rings is 1. The van der Waals surface area contributed by atoms with Gasteiger partial charge in [0.15, 0.2) is 0 Å². The van der Waals surface area contributed by atoms with E-state index in [4.69, 9.17) is 5.11 Å². The highest BCUT2D eigenvalue weighted by molar-refractivity contribution is 5.74. The minimum Gasteiger partial charge on any atom is -0.396 e. The summed E-state index contributed by atoms with van der Waals surface area (Å²) in [4.78, 5) is 11.8. The molecule has 0 bridgehead atoms. The average Bonchev–Trinajstić information content (AvgIpc) is 2.50. The molecule has 116 valence electrons. The SMILES string of the molecule is O=C(NCCc1ccccc1F)NC1CCC(CO)CC1. The number of halogens is 1. The summed E-state index contributed by atoms with van der Waals surface area (Å²) in [5, 5.41) is 14.8. The van der Waals surface area contributed by atoms with Crippen LogP contribution in [0.15, 0.2) is 24.3 Å². The molecule has 1 aromatic rings. The molecular weight excluding hydrogens is 271 g/mol. The highest BCUT2D eigenvalue weighted by Crippen LogP contribution is 2.23. The number of carbonyl (C=O) groups excluding carboxylic acids is 1. The number of amides is 2. The van der Waals surface area contributed by atoms with Gasteiger partial charge in [0.1, 0.15) is 5.82 Å². The van der Waals surface area contributed by atoms with Crippen LogP contribution in [-0.4, -0.2) is 30.3 Å². The maximum absolute atomic E-state index is 13.4. The molecule has 0 aromatic heterocycles. The molecule has 1 saturated carbocycles. The molecule has 0 radical (unpaired) electrons. The zero-order chi connectivity index (χ0) is 15.1. The average molecular weight is 294 g/mol. The summed E-state index contributed by atoms with van der Waals surface area (Å²) in [6.45, 7) is 0.653. The van der Waals surface area contributed by atoms with Crippen LogP contribution in [-0.2, 0) is 6.42 Å². The van der Waals surface area contributed by atoms with E-state index in [1.807, 2.05) is 0 Å². The quantitative estimate of drug-likeness (QED) is 0.780. The first-order valence-electron chi connectivity index (χ1n) is 7.57. The normalized spacial score (nSPS) is 21.8. The Bertz CT molecular complexity index is 459. The Labute approximate surface area is 124 Å². The van der Waals surface area contributed by atoms with Crippen molar-refractivity contribution in [1.29, 1.82) is 0 Å². The van der Waals surface area contributed by atoms with Crippen LogP contribution in [0.5, 0.6) is 0 Å². The molecule has 0 aliphatic heterocycles. The summed E-state index contributed by atoms with van der Waals surface area (Å²) in [7, 11) is 0. The molecular formula is C16H23FN2O2. The zero-order valence-corrected chi connectivity index (χ0v) is 12.1. The molecule has 3 N–H and O–H groups in total. The lowest BCUT2D eigenvalue weighted by Gasteiger charge is -2.27. The van der Waals surface area contributed by atoms with Gasteiger partial charge in [-0.15, -0.1) is 0 Å². The molecule has 0 heterocycles. The molecule has 2 amide bonds. The second-order valence-corrected chi connectivity index (χ2v) is 5.64. The first kappa shape index (κ1) is 15.8. The van der Waals surface area contributed by atoms with Gasteiger partial charge < -0.3 is 15.7 Å². The number of hydrogen-bond acceptors (Lipinski definition) is 2. The van der Waals surface area contributed by atoms with Gasteiger partial charge in [0.05, 0.1) is 0 Å². The van der Waals surface area contributed by atoms with E-state index in [1.54, 1.807) is 18.2 Å². The van der Waals surface area contributed by atoms with Gasteiger partial charge in [0.2, 0.25) is 0 Å². The third kappa shape index (κ3) is 5.01. The predicted molar refractivity (Wildman–Crippen MR) is 79.5 cm³/mol. The smallest absolute Gasteiger partial charge is 0.315 e. The van der Waals surface area contributed by atoms with E-state index >= 15 is 0 Å². The molecule has 21 heavy (non-hydrogen) atoms. The van der Waals surface area contributed by atoms with E-state index in [0.29, 0.717) is 24.4 Å². The molecule has 1 fully saturated rings. The summed E-state index contributed by atoms with van der Waals surface area (Å²) < 4.78 is 13.4. The summed E-state index contributed by atoms with van der Waals surface area (Å²) >= 11 is 0. The standard InChI is InChI=1S/C16H23FN2O2/c17-15-4-2-1-3-13(15)9-10-18-16(21)19-14-7-5-12(11-20)6-8-14/h1-4,12,14,20H,5-11H2,(H2,18,19,21). The first-order valence-corrected chi connectivity index (χ1v) is 7.57. The van der Waals surface area contributed by atoms with Gasteiger partial charge >= 0.3 is 6.03 Å². The summed E-state index contributed by atoms with van der Waals surface area (Å²) in [5.74, 6) is 0.147. The van der Waals surface area contributed by atoms with Crippen molar-refractivity contribution >= 4 is 6.03 Å². The first-order chi connectivity index (χ1) is 10.2. The number of rotatable bonds is 5. The van der Waals surface area contributed by atoms with Crippen molar-refractivity contribution in [3.63, 3.8) is 0 Å². The number of aliphatic hydroxyl groups excluding tert-OH is 1. The van der Waals surface area contributed by atoms with Gasteiger partial charge in [-0.2, -0.15) is 0 Å². The van der Waals surface area contributed by atoms with Gasteiger partial charge in [-0.3, -0.25) is 0 Å². The Morgan fingerprint density at radius 3 is 2.62 bits per heavy atom. The van der Waals surface area contributed by atoms with Crippen molar-refractivity contribution in [2.45, 2.75) is 38.1 Å². The Hall–Kier alpha value is -1.62.